The smallest absolute Gasteiger partial charge is 0.346 e. The first-order chi connectivity index (χ1) is 11.1. The minimum Gasteiger partial charge on any atom is -0.346 e. The second kappa shape index (κ2) is 9.33. The fourth-order valence-corrected chi connectivity index (χ4v) is 4.06. The van der Waals surface area contributed by atoms with Crippen molar-refractivity contribution in [2.24, 2.45) is 0 Å². The van der Waals surface area contributed by atoms with Crippen LogP contribution in [0.1, 0.15) is 44.6 Å². The van der Waals surface area contributed by atoms with Crippen LogP contribution in [0.4, 0.5) is 5.82 Å². The van der Waals surface area contributed by atoms with E-state index in [2.05, 4.69) is 29.1 Å². The average Bonchev–Trinajstić information content (AvgIpc) is 2.46. The Morgan fingerprint density at radius 3 is 2.42 bits per heavy atom. The maximum atomic E-state index is 11.2. The minimum atomic E-state index is -5.07. The summed E-state index contributed by atoms with van der Waals surface area (Å²) < 4.78 is 22.5. The number of nitrogens with one attached hydrogen (secondary N) is 1. The van der Waals surface area contributed by atoms with Crippen molar-refractivity contribution in [1.82, 2.24) is 4.98 Å². The van der Waals surface area contributed by atoms with Crippen LogP contribution >= 0.6 is 15.2 Å². The molecule has 134 valence electrons. The number of hydrogen-bond donors (Lipinski definition) is 5. The van der Waals surface area contributed by atoms with Crippen molar-refractivity contribution in [1.29, 1.82) is 0 Å². The normalized spacial score (nSPS) is 11.9. The predicted octanol–water partition coefficient (Wildman–Crippen LogP) is 2.45. The summed E-state index contributed by atoms with van der Waals surface area (Å²) in [6, 6.07) is 2.99. The van der Waals surface area contributed by atoms with E-state index in [1.807, 2.05) is 0 Å². The van der Waals surface area contributed by atoms with Crippen molar-refractivity contribution < 1.29 is 28.7 Å². The van der Waals surface area contributed by atoms with Crippen molar-refractivity contribution in [3.05, 3.63) is 23.9 Å². The molecule has 0 amide bonds. The van der Waals surface area contributed by atoms with E-state index in [1.54, 1.807) is 6.07 Å². The van der Waals surface area contributed by atoms with Crippen LogP contribution in [0, 0.1) is 11.8 Å². The molecule has 0 aromatic carbocycles. The quantitative estimate of drug-likeness (QED) is 0.265. The molecular weight excluding hydrogens is 354 g/mol. The summed E-state index contributed by atoms with van der Waals surface area (Å²) in [4.78, 5) is 40.2. The summed E-state index contributed by atoms with van der Waals surface area (Å²) in [7, 11) is -10.1. The Labute approximate surface area is 141 Å². The van der Waals surface area contributed by atoms with Gasteiger partial charge in [0.25, 0.3) is 0 Å². The molecule has 1 rings (SSSR count). The maximum Gasteiger partial charge on any atom is 0.360 e. The second-order valence-corrected chi connectivity index (χ2v) is 9.03. The fourth-order valence-electron chi connectivity index (χ4n) is 1.89. The van der Waals surface area contributed by atoms with Gasteiger partial charge in [-0.1, -0.05) is 38.0 Å². The molecule has 8 nitrogen and oxygen atoms in total. The largest absolute Gasteiger partial charge is 0.360 e. The van der Waals surface area contributed by atoms with Crippen LogP contribution in [-0.4, -0.2) is 30.1 Å². The Morgan fingerprint density at radius 1 is 1.17 bits per heavy atom. The highest BCUT2D eigenvalue weighted by atomic mass is 31.2. The molecule has 0 atom stereocenters. The summed E-state index contributed by atoms with van der Waals surface area (Å²) in [5.41, 5.74) is -1.80. The molecule has 0 aliphatic rings. The SMILES string of the molecule is CCCCCCC#Cc1ccnc(NC(P(=O)(O)O)P(=O)(O)O)c1. The van der Waals surface area contributed by atoms with Gasteiger partial charge < -0.3 is 24.9 Å². The first-order valence-corrected chi connectivity index (χ1v) is 10.8. The number of nitrogens with zero attached hydrogens (tertiary/aromatic N) is 1. The number of rotatable bonds is 8. The maximum absolute atomic E-state index is 11.2. The van der Waals surface area contributed by atoms with Crippen LogP contribution < -0.4 is 5.32 Å². The molecule has 0 fully saturated rings. The van der Waals surface area contributed by atoms with Gasteiger partial charge in [0.05, 0.1) is 0 Å². The van der Waals surface area contributed by atoms with Gasteiger partial charge in [0.15, 0.2) is 0 Å². The topological polar surface area (TPSA) is 140 Å². The number of unbranched alkanes of at least 4 members (excludes halogenated alkanes) is 4. The predicted molar refractivity (Wildman–Crippen MR) is 91.4 cm³/mol. The van der Waals surface area contributed by atoms with Gasteiger partial charge in [-0.2, -0.15) is 0 Å². The Hall–Kier alpha value is -1.19. The molecule has 0 aliphatic carbocycles. The van der Waals surface area contributed by atoms with E-state index in [0.29, 0.717) is 5.56 Å². The lowest BCUT2D eigenvalue weighted by Crippen LogP contribution is -2.20. The molecular formula is C14H22N2O6P2. The van der Waals surface area contributed by atoms with E-state index in [9.17, 15) is 9.13 Å². The third-order valence-electron chi connectivity index (χ3n) is 3.06. The highest BCUT2D eigenvalue weighted by Gasteiger charge is 2.43. The van der Waals surface area contributed by atoms with Gasteiger partial charge in [0, 0.05) is 18.2 Å². The molecule has 5 N–H and O–H groups in total. The van der Waals surface area contributed by atoms with E-state index >= 15 is 0 Å². The van der Waals surface area contributed by atoms with E-state index in [1.165, 1.54) is 12.3 Å². The molecule has 10 heteroatoms. The van der Waals surface area contributed by atoms with Gasteiger partial charge in [-0.15, -0.1) is 0 Å². The van der Waals surface area contributed by atoms with Crippen LogP contribution in [0.25, 0.3) is 0 Å². The van der Waals surface area contributed by atoms with Crippen LogP contribution in [0.5, 0.6) is 0 Å². The molecule has 1 aromatic rings. The molecule has 24 heavy (non-hydrogen) atoms. The van der Waals surface area contributed by atoms with Crippen LogP contribution in [0.2, 0.25) is 0 Å². The van der Waals surface area contributed by atoms with Crippen molar-refractivity contribution in [3.8, 4) is 11.8 Å². The molecule has 1 aromatic heterocycles. The molecule has 0 spiro atoms. The lowest BCUT2D eigenvalue weighted by Gasteiger charge is -2.21. The van der Waals surface area contributed by atoms with Crippen molar-refractivity contribution in [2.45, 2.75) is 44.6 Å². The first kappa shape index (κ1) is 20.9. The zero-order valence-electron chi connectivity index (χ0n) is 13.3. The summed E-state index contributed by atoms with van der Waals surface area (Å²) in [6.07, 6.45) is 6.50. The number of hydrogen-bond acceptors (Lipinski definition) is 4. The van der Waals surface area contributed by atoms with Crippen LogP contribution in [0.15, 0.2) is 18.3 Å². The Bertz CT molecular complexity index is 666. The fraction of sp³-hybridized carbons (Fsp3) is 0.500. The second-order valence-electron chi connectivity index (χ2n) is 5.24. The molecule has 0 saturated carbocycles. The van der Waals surface area contributed by atoms with Crippen LogP contribution in [0.3, 0.4) is 0 Å². The van der Waals surface area contributed by atoms with E-state index < -0.39 is 20.7 Å². The standard InChI is InChI=1S/C14H22N2O6P2/c1-2-3-4-5-6-7-8-12-9-10-15-13(11-12)16-14(23(17,18)19)24(20,21)22/h9-11,14H,2-6H2,1H3,(H,15,16)(H2,17,18,19)(H2,20,21,22). The van der Waals surface area contributed by atoms with Gasteiger partial charge in [-0.3, -0.25) is 9.13 Å². The lowest BCUT2D eigenvalue weighted by molar-refractivity contribution is 0.343. The van der Waals surface area contributed by atoms with Gasteiger partial charge in [0.2, 0.25) is 5.52 Å². The van der Waals surface area contributed by atoms with Crippen molar-refractivity contribution >= 4 is 21.0 Å². The van der Waals surface area contributed by atoms with Gasteiger partial charge >= 0.3 is 15.2 Å². The molecule has 0 bridgehead atoms. The Kier molecular flexibility index (Phi) is 8.11. The number of pyridine rings is 1. The summed E-state index contributed by atoms with van der Waals surface area (Å²) in [6.45, 7) is 2.12. The van der Waals surface area contributed by atoms with E-state index in [0.717, 1.165) is 32.1 Å². The number of aromatic nitrogens is 1. The van der Waals surface area contributed by atoms with Gasteiger partial charge in [0.1, 0.15) is 5.82 Å². The molecule has 0 radical (unpaired) electrons. The highest BCUT2D eigenvalue weighted by Crippen LogP contribution is 2.59. The Morgan fingerprint density at radius 2 is 1.83 bits per heavy atom. The minimum absolute atomic E-state index is 0.0653. The highest BCUT2D eigenvalue weighted by molar-refractivity contribution is 7.71. The average molecular weight is 376 g/mol. The zero-order valence-corrected chi connectivity index (χ0v) is 15.1. The number of anilines is 1. The summed E-state index contributed by atoms with van der Waals surface area (Å²) in [5, 5.41) is 2.11. The van der Waals surface area contributed by atoms with E-state index in [4.69, 9.17) is 19.6 Å². The molecule has 0 saturated heterocycles. The van der Waals surface area contributed by atoms with Gasteiger partial charge in [-0.25, -0.2) is 4.98 Å². The zero-order chi connectivity index (χ0) is 18.2. The summed E-state index contributed by atoms with van der Waals surface area (Å²) >= 11 is 0. The Balaban J connectivity index is 2.80. The monoisotopic (exact) mass is 376 g/mol. The first-order valence-electron chi connectivity index (χ1n) is 7.46. The third kappa shape index (κ3) is 7.59. The molecule has 0 unspecified atom stereocenters. The van der Waals surface area contributed by atoms with Crippen molar-refractivity contribution in [2.75, 3.05) is 5.32 Å². The van der Waals surface area contributed by atoms with Gasteiger partial charge in [-0.05, 0) is 18.6 Å². The lowest BCUT2D eigenvalue weighted by atomic mass is 10.1. The summed E-state index contributed by atoms with van der Waals surface area (Å²) in [5.74, 6) is 5.82. The van der Waals surface area contributed by atoms with E-state index in [-0.39, 0.29) is 5.82 Å². The van der Waals surface area contributed by atoms with Crippen molar-refractivity contribution in [3.63, 3.8) is 0 Å². The van der Waals surface area contributed by atoms with Crippen LogP contribution in [-0.2, 0) is 9.13 Å². The third-order valence-corrected chi connectivity index (χ3v) is 6.40. The molecule has 1 heterocycles. The molecule has 0 aliphatic heterocycles.